The molecule has 4 bridgehead atoms. The largest absolute Gasteiger partial charge is 0.506 e. The van der Waals surface area contributed by atoms with Gasteiger partial charge in [0, 0.05) is 23.0 Å². The number of phenolic OH excluding ortho intramolecular Hbond substituents is 1. The van der Waals surface area contributed by atoms with Gasteiger partial charge in [0.05, 0.1) is 11.0 Å². The normalized spacial score (nSPS) is 31.8. The number of carbonyl (C=O) groups is 2. The first kappa shape index (κ1) is 26.2. The Bertz CT molecular complexity index is 1460. The lowest BCUT2D eigenvalue weighted by Crippen LogP contribution is -2.68. The first-order chi connectivity index (χ1) is 18.1. The summed E-state index contributed by atoms with van der Waals surface area (Å²) in [5.41, 5.74) is 1.62. The third-order valence-corrected chi connectivity index (χ3v) is 9.80. The highest BCUT2D eigenvalue weighted by atomic mass is 16.5. The van der Waals surface area contributed by atoms with Gasteiger partial charge in [0.1, 0.15) is 28.4 Å². The van der Waals surface area contributed by atoms with E-state index in [0.29, 0.717) is 48.3 Å². The second-order valence-corrected chi connectivity index (χ2v) is 14.0. The zero-order valence-electron chi connectivity index (χ0n) is 24.5. The molecule has 6 aliphatic rings. The number of hydrogen-bond acceptors (Lipinski definition) is 5. The van der Waals surface area contributed by atoms with E-state index in [1.54, 1.807) is 0 Å². The second-order valence-electron chi connectivity index (χ2n) is 14.0. The van der Waals surface area contributed by atoms with E-state index in [4.69, 9.17) is 9.47 Å². The minimum absolute atomic E-state index is 0.00194. The molecule has 1 aromatic rings. The lowest BCUT2D eigenvalue weighted by molar-refractivity contribution is -0.154. The Balaban J connectivity index is 1.67. The maximum Gasteiger partial charge on any atom is 0.200 e. The summed E-state index contributed by atoms with van der Waals surface area (Å²) < 4.78 is 13.7. The molecule has 5 nitrogen and oxygen atoms in total. The van der Waals surface area contributed by atoms with Crippen molar-refractivity contribution in [1.82, 2.24) is 0 Å². The number of hydrogen-bond donors (Lipinski definition) is 1. The number of fused-ring (bicyclic) bond motifs is 2. The summed E-state index contributed by atoms with van der Waals surface area (Å²) in [7, 11) is 0. The molecule has 1 aromatic carbocycles. The minimum atomic E-state index is -1.07. The zero-order chi connectivity index (χ0) is 28.3. The third-order valence-electron chi connectivity index (χ3n) is 9.80. The Hall–Kier alpha value is -3.08. The summed E-state index contributed by atoms with van der Waals surface area (Å²) in [6.45, 7) is 16.5. The minimum Gasteiger partial charge on any atom is -0.506 e. The van der Waals surface area contributed by atoms with E-state index in [1.165, 1.54) is 0 Å². The van der Waals surface area contributed by atoms with Gasteiger partial charge in [-0.3, -0.25) is 9.59 Å². The van der Waals surface area contributed by atoms with Crippen LogP contribution in [-0.4, -0.2) is 27.9 Å². The molecule has 39 heavy (non-hydrogen) atoms. The molecular weight excluding hydrogens is 488 g/mol. The van der Waals surface area contributed by atoms with Gasteiger partial charge in [0.15, 0.2) is 17.2 Å². The third kappa shape index (κ3) is 3.31. The fourth-order valence-corrected chi connectivity index (χ4v) is 8.20. The van der Waals surface area contributed by atoms with Crippen LogP contribution in [0.3, 0.4) is 0 Å². The van der Waals surface area contributed by atoms with Gasteiger partial charge in [-0.1, -0.05) is 43.2 Å². The fourth-order valence-electron chi connectivity index (χ4n) is 8.20. The van der Waals surface area contributed by atoms with Gasteiger partial charge in [-0.25, -0.2) is 0 Å². The summed E-state index contributed by atoms with van der Waals surface area (Å²) in [5, 5.41) is 11.6. The molecule has 1 spiro atoms. The lowest BCUT2D eigenvalue weighted by atomic mass is 9.49. The SMILES string of the molecule is CC(C)=CCc1c2c(c(O)c3c1O[C@]14C(=CC5CC1C(C)(C)C[C@@]4(CC=C(C)C)C5=O)C3=O)C=CC(C)(C)O2. The highest BCUT2D eigenvalue weighted by Gasteiger charge is 2.79. The van der Waals surface area contributed by atoms with Crippen molar-refractivity contribution < 1.29 is 24.2 Å². The van der Waals surface area contributed by atoms with E-state index in [1.807, 2.05) is 59.8 Å². The molecule has 4 atom stereocenters. The van der Waals surface area contributed by atoms with Crippen LogP contribution in [0.25, 0.3) is 6.08 Å². The van der Waals surface area contributed by atoms with Crippen molar-refractivity contribution in [1.29, 1.82) is 0 Å². The number of ether oxygens (including phenoxy) is 2. The molecule has 2 heterocycles. The summed E-state index contributed by atoms with van der Waals surface area (Å²) in [6.07, 6.45) is 12.2. The van der Waals surface area contributed by atoms with E-state index >= 15 is 0 Å². The average Bonchev–Trinajstić information content (AvgIpc) is 2.99. The predicted molar refractivity (Wildman–Crippen MR) is 152 cm³/mol. The van der Waals surface area contributed by atoms with Crippen molar-refractivity contribution in [3.05, 3.63) is 57.7 Å². The van der Waals surface area contributed by atoms with Crippen LogP contribution in [0.2, 0.25) is 0 Å². The van der Waals surface area contributed by atoms with Gasteiger partial charge >= 0.3 is 0 Å². The molecule has 0 amide bonds. The molecule has 2 unspecified atom stereocenters. The molecular formula is C34H40O5. The molecule has 0 aromatic heterocycles. The highest BCUT2D eigenvalue weighted by molar-refractivity contribution is 6.18. The van der Waals surface area contributed by atoms with Crippen LogP contribution >= 0.6 is 0 Å². The van der Waals surface area contributed by atoms with E-state index in [2.05, 4.69) is 26.0 Å². The molecule has 206 valence electrons. The van der Waals surface area contributed by atoms with Crippen LogP contribution < -0.4 is 9.47 Å². The first-order valence-corrected chi connectivity index (χ1v) is 14.2. The molecule has 5 heteroatoms. The number of carbonyl (C=O) groups excluding carboxylic acids is 2. The Labute approximate surface area is 231 Å². The fraction of sp³-hybridized carbons (Fsp3) is 0.529. The average molecular weight is 529 g/mol. The van der Waals surface area contributed by atoms with Crippen LogP contribution in [-0.2, 0) is 11.2 Å². The molecule has 7 rings (SSSR count). The van der Waals surface area contributed by atoms with Gasteiger partial charge in [-0.2, -0.15) is 0 Å². The Morgan fingerprint density at radius 2 is 1.72 bits per heavy atom. The maximum absolute atomic E-state index is 14.6. The summed E-state index contributed by atoms with van der Waals surface area (Å²) in [6, 6.07) is 0. The van der Waals surface area contributed by atoms with E-state index in [-0.39, 0.29) is 40.1 Å². The van der Waals surface area contributed by atoms with Gasteiger partial charge < -0.3 is 14.6 Å². The molecule has 1 N–H and O–H groups in total. The molecule has 2 saturated carbocycles. The van der Waals surface area contributed by atoms with E-state index in [0.717, 1.165) is 16.7 Å². The number of ketones is 2. The first-order valence-electron chi connectivity index (χ1n) is 14.2. The van der Waals surface area contributed by atoms with Crippen LogP contribution in [0.1, 0.15) is 96.1 Å². The molecule has 4 aliphatic carbocycles. The molecule has 2 fully saturated rings. The van der Waals surface area contributed by atoms with Crippen LogP contribution in [0.4, 0.5) is 0 Å². The van der Waals surface area contributed by atoms with Crippen molar-refractivity contribution in [3.8, 4) is 17.2 Å². The zero-order valence-corrected chi connectivity index (χ0v) is 24.5. The summed E-state index contributed by atoms with van der Waals surface area (Å²) in [4.78, 5) is 28.8. The van der Waals surface area contributed by atoms with Gasteiger partial charge in [0.25, 0.3) is 0 Å². The van der Waals surface area contributed by atoms with Crippen LogP contribution in [0.5, 0.6) is 17.2 Å². The Morgan fingerprint density at radius 1 is 1.03 bits per heavy atom. The number of aromatic hydroxyl groups is 1. The second kappa shape index (κ2) is 7.99. The molecule has 0 saturated heterocycles. The van der Waals surface area contributed by atoms with E-state index in [9.17, 15) is 14.7 Å². The van der Waals surface area contributed by atoms with Gasteiger partial charge in [-0.15, -0.1) is 0 Å². The van der Waals surface area contributed by atoms with E-state index < -0.39 is 16.6 Å². The van der Waals surface area contributed by atoms with Crippen LogP contribution in [0, 0.1) is 22.7 Å². The Kier molecular flexibility index (Phi) is 5.36. The van der Waals surface area contributed by atoms with Crippen LogP contribution in [0.15, 0.2) is 41.0 Å². The summed E-state index contributed by atoms with van der Waals surface area (Å²) in [5.74, 6) is 0.503. The number of benzene rings is 1. The highest BCUT2D eigenvalue weighted by Crippen LogP contribution is 2.74. The number of Topliss-reactive ketones (excluding diaryl/α,β-unsaturated/α-hetero) is 2. The topological polar surface area (TPSA) is 72.8 Å². The quantitative estimate of drug-likeness (QED) is 0.415. The van der Waals surface area contributed by atoms with Crippen molar-refractivity contribution in [2.24, 2.45) is 22.7 Å². The summed E-state index contributed by atoms with van der Waals surface area (Å²) >= 11 is 0. The van der Waals surface area contributed by atoms with Gasteiger partial charge in [-0.05, 0) is 84.8 Å². The number of phenols is 1. The number of allylic oxidation sites excluding steroid dienone is 5. The Morgan fingerprint density at radius 3 is 2.38 bits per heavy atom. The molecule has 2 aliphatic heterocycles. The van der Waals surface area contributed by atoms with Crippen molar-refractivity contribution in [2.75, 3.05) is 0 Å². The lowest BCUT2D eigenvalue weighted by Gasteiger charge is -2.58. The van der Waals surface area contributed by atoms with Crippen molar-refractivity contribution in [3.63, 3.8) is 0 Å². The standard InChI is InChI=1S/C34H40O5/c1-18(2)9-10-22-28-21(12-13-32(7,8)38-28)26(35)25-27(36)23-15-20-16-24-31(5,6)17-33(30(20)37,14-11-19(3)4)34(23,24)39-29(22)25/h9,11-13,15,20,24,35H,10,14,16-17H2,1-8H3/t20?,24?,33-,34+/m0/s1. The maximum atomic E-state index is 14.6. The predicted octanol–water partition coefficient (Wildman–Crippen LogP) is 7.32. The monoisotopic (exact) mass is 528 g/mol. The smallest absolute Gasteiger partial charge is 0.200 e. The van der Waals surface area contributed by atoms with Crippen molar-refractivity contribution in [2.45, 2.75) is 92.3 Å². The number of rotatable bonds is 4. The van der Waals surface area contributed by atoms with Crippen molar-refractivity contribution >= 4 is 17.6 Å². The van der Waals surface area contributed by atoms with Gasteiger partial charge in [0.2, 0.25) is 0 Å². The molecule has 0 radical (unpaired) electrons.